The summed E-state index contributed by atoms with van der Waals surface area (Å²) in [6.45, 7) is 12.1. The zero-order valence-corrected chi connectivity index (χ0v) is 18.9. The summed E-state index contributed by atoms with van der Waals surface area (Å²) in [5.41, 5.74) is 3.72. The van der Waals surface area contributed by atoms with Crippen LogP contribution in [-0.4, -0.2) is 17.5 Å². The minimum atomic E-state index is -0.538. The van der Waals surface area contributed by atoms with Crippen molar-refractivity contribution in [3.63, 3.8) is 0 Å². The molecule has 3 rings (SSSR count). The highest BCUT2D eigenvalue weighted by Gasteiger charge is 2.36. The first-order valence-electron chi connectivity index (χ1n) is 10.7. The molecule has 160 valence electrons. The Balaban J connectivity index is 1.76. The molecule has 1 saturated carbocycles. The van der Waals surface area contributed by atoms with Gasteiger partial charge < -0.3 is 4.74 Å². The third-order valence-electron chi connectivity index (χ3n) is 5.57. The molecule has 2 aromatic carbocycles. The summed E-state index contributed by atoms with van der Waals surface area (Å²) in [6, 6.07) is 16.3. The average Bonchev–Trinajstić information content (AvgIpc) is 3.01. The van der Waals surface area contributed by atoms with Crippen molar-refractivity contribution in [3.8, 4) is 0 Å². The molecule has 2 unspecified atom stereocenters. The van der Waals surface area contributed by atoms with Gasteiger partial charge in [-0.2, -0.15) is 0 Å². The zero-order valence-electron chi connectivity index (χ0n) is 18.9. The van der Waals surface area contributed by atoms with Crippen LogP contribution in [0.15, 0.2) is 48.5 Å². The van der Waals surface area contributed by atoms with Crippen LogP contribution in [0.2, 0.25) is 0 Å². The van der Waals surface area contributed by atoms with E-state index in [2.05, 4.69) is 50.4 Å². The van der Waals surface area contributed by atoms with Gasteiger partial charge in [-0.25, -0.2) is 4.79 Å². The molecule has 4 heteroatoms. The second kappa shape index (κ2) is 8.25. The molecule has 1 aliphatic carbocycles. The molecule has 1 N–H and O–H groups in total. The second-order valence-electron chi connectivity index (χ2n) is 10.2. The van der Waals surface area contributed by atoms with Gasteiger partial charge in [0.15, 0.2) is 0 Å². The lowest BCUT2D eigenvalue weighted by Gasteiger charge is -2.23. The van der Waals surface area contributed by atoms with Crippen LogP contribution in [0.1, 0.15) is 82.9 Å². The standard InChI is InChI=1S/C26H33NO3/c1-25(2,3)19-11-7-18(8-12-19)23-21(15-16-22(23)28)17-9-13-20(14-10-17)27-24(29)30-26(4,5)6/h7-14,21,23H,15-16H2,1-6H3,(H,27,29). The van der Waals surface area contributed by atoms with Gasteiger partial charge in [0.2, 0.25) is 0 Å². The first-order valence-corrected chi connectivity index (χ1v) is 10.7. The highest BCUT2D eigenvalue weighted by molar-refractivity contribution is 5.89. The van der Waals surface area contributed by atoms with Gasteiger partial charge in [0, 0.05) is 18.0 Å². The molecule has 0 radical (unpaired) electrons. The number of benzene rings is 2. The van der Waals surface area contributed by atoms with E-state index in [0.717, 1.165) is 17.5 Å². The molecule has 30 heavy (non-hydrogen) atoms. The highest BCUT2D eigenvalue weighted by Crippen LogP contribution is 2.44. The fourth-order valence-corrected chi connectivity index (χ4v) is 4.05. The zero-order chi connectivity index (χ0) is 22.1. The van der Waals surface area contributed by atoms with Crippen LogP contribution in [0.4, 0.5) is 10.5 Å². The summed E-state index contributed by atoms with van der Waals surface area (Å²) in [4.78, 5) is 24.7. The maximum absolute atomic E-state index is 12.7. The lowest BCUT2D eigenvalue weighted by molar-refractivity contribution is -0.118. The van der Waals surface area contributed by atoms with Gasteiger partial charge in [-0.05, 0) is 67.3 Å². The minimum Gasteiger partial charge on any atom is -0.444 e. The van der Waals surface area contributed by atoms with Crippen molar-refractivity contribution >= 4 is 17.6 Å². The number of nitrogens with one attached hydrogen (secondary N) is 1. The largest absolute Gasteiger partial charge is 0.444 e. The molecule has 0 heterocycles. The number of ether oxygens (including phenoxy) is 1. The molecule has 0 saturated heterocycles. The summed E-state index contributed by atoms with van der Waals surface area (Å²) in [7, 11) is 0. The molecule has 4 nitrogen and oxygen atoms in total. The molecule has 1 aliphatic rings. The van der Waals surface area contributed by atoms with Gasteiger partial charge >= 0.3 is 6.09 Å². The quantitative estimate of drug-likeness (QED) is 0.627. The maximum atomic E-state index is 12.7. The van der Waals surface area contributed by atoms with Crippen molar-refractivity contribution in [3.05, 3.63) is 65.2 Å². The molecule has 1 fully saturated rings. The van der Waals surface area contributed by atoms with Crippen molar-refractivity contribution in [2.24, 2.45) is 0 Å². The second-order valence-corrected chi connectivity index (χ2v) is 10.2. The molecule has 0 aromatic heterocycles. The Labute approximate surface area is 180 Å². The van der Waals surface area contributed by atoms with E-state index in [1.807, 2.05) is 45.0 Å². The number of rotatable bonds is 3. The van der Waals surface area contributed by atoms with E-state index in [4.69, 9.17) is 4.74 Å². The normalized spacial score (nSPS) is 19.6. The Hall–Kier alpha value is -2.62. The topological polar surface area (TPSA) is 55.4 Å². The predicted octanol–water partition coefficient (Wildman–Crippen LogP) is 6.56. The van der Waals surface area contributed by atoms with E-state index in [9.17, 15) is 9.59 Å². The van der Waals surface area contributed by atoms with Gasteiger partial charge in [-0.3, -0.25) is 10.1 Å². The van der Waals surface area contributed by atoms with E-state index in [1.54, 1.807) is 0 Å². The molecule has 2 aromatic rings. The van der Waals surface area contributed by atoms with E-state index in [0.29, 0.717) is 17.9 Å². The van der Waals surface area contributed by atoms with E-state index < -0.39 is 11.7 Å². The van der Waals surface area contributed by atoms with Crippen LogP contribution in [-0.2, 0) is 14.9 Å². The number of amides is 1. The molecule has 1 amide bonds. The van der Waals surface area contributed by atoms with Crippen molar-refractivity contribution < 1.29 is 14.3 Å². The number of hydrogen-bond donors (Lipinski definition) is 1. The molecule has 0 bridgehead atoms. The monoisotopic (exact) mass is 407 g/mol. The van der Waals surface area contributed by atoms with Crippen LogP contribution in [0.5, 0.6) is 0 Å². The Kier molecular flexibility index (Phi) is 6.07. The summed E-state index contributed by atoms with van der Waals surface area (Å²) >= 11 is 0. The SMILES string of the molecule is CC(C)(C)OC(=O)Nc1ccc(C2CCC(=O)C2c2ccc(C(C)(C)C)cc2)cc1. The molecule has 0 spiro atoms. The van der Waals surface area contributed by atoms with Crippen LogP contribution in [0.3, 0.4) is 0 Å². The predicted molar refractivity (Wildman–Crippen MR) is 121 cm³/mol. The minimum absolute atomic E-state index is 0.0919. The molecular weight excluding hydrogens is 374 g/mol. The lowest BCUT2D eigenvalue weighted by Crippen LogP contribution is -2.27. The van der Waals surface area contributed by atoms with E-state index >= 15 is 0 Å². The van der Waals surface area contributed by atoms with E-state index in [1.165, 1.54) is 5.56 Å². The number of hydrogen-bond acceptors (Lipinski definition) is 3. The fraction of sp³-hybridized carbons (Fsp3) is 0.462. The number of carbonyl (C=O) groups excluding carboxylic acids is 2. The maximum Gasteiger partial charge on any atom is 0.412 e. The molecular formula is C26H33NO3. The van der Waals surface area contributed by atoms with Gasteiger partial charge in [0.1, 0.15) is 11.4 Å². The van der Waals surface area contributed by atoms with Gasteiger partial charge in [0.05, 0.1) is 0 Å². The summed E-state index contributed by atoms with van der Waals surface area (Å²) in [5, 5.41) is 2.76. The fourth-order valence-electron chi connectivity index (χ4n) is 4.05. The Morgan fingerprint density at radius 1 is 0.900 bits per heavy atom. The highest BCUT2D eigenvalue weighted by atomic mass is 16.6. The summed E-state index contributed by atoms with van der Waals surface area (Å²) in [6.07, 6.45) is 0.987. The summed E-state index contributed by atoms with van der Waals surface area (Å²) < 4.78 is 5.30. The number of Topliss-reactive ketones (excluding diaryl/α,β-unsaturated/α-hetero) is 1. The first kappa shape index (κ1) is 22.1. The van der Waals surface area contributed by atoms with Crippen molar-refractivity contribution in [1.29, 1.82) is 0 Å². The van der Waals surface area contributed by atoms with Gasteiger partial charge in [-0.15, -0.1) is 0 Å². The van der Waals surface area contributed by atoms with Gasteiger partial charge in [-0.1, -0.05) is 57.2 Å². The Bertz CT molecular complexity index is 899. The molecule has 2 atom stereocenters. The Morgan fingerprint density at radius 3 is 2.00 bits per heavy atom. The van der Waals surface area contributed by atoms with Crippen LogP contribution in [0.25, 0.3) is 0 Å². The number of ketones is 1. The Morgan fingerprint density at radius 2 is 1.47 bits per heavy atom. The molecule has 0 aliphatic heterocycles. The summed E-state index contributed by atoms with van der Waals surface area (Å²) in [5.74, 6) is 0.358. The van der Waals surface area contributed by atoms with Crippen molar-refractivity contribution in [1.82, 2.24) is 0 Å². The van der Waals surface area contributed by atoms with Crippen LogP contribution >= 0.6 is 0 Å². The van der Waals surface area contributed by atoms with Crippen molar-refractivity contribution in [2.45, 2.75) is 77.2 Å². The lowest BCUT2D eigenvalue weighted by atomic mass is 9.81. The van der Waals surface area contributed by atoms with Gasteiger partial charge in [0.25, 0.3) is 0 Å². The number of anilines is 1. The number of carbonyl (C=O) groups is 2. The van der Waals surface area contributed by atoms with Crippen LogP contribution < -0.4 is 5.32 Å². The van der Waals surface area contributed by atoms with Crippen molar-refractivity contribution in [2.75, 3.05) is 5.32 Å². The van der Waals surface area contributed by atoms with Crippen LogP contribution in [0, 0.1) is 0 Å². The first-order chi connectivity index (χ1) is 13.9. The average molecular weight is 408 g/mol. The third-order valence-corrected chi connectivity index (χ3v) is 5.57. The smallest absolute Gasteiger partial charge is 0.412 e. The third kappa shape index (κ3) is 5.29. The van der Waals surface area contributed by atoms with E-state index in [-0.39, 0.29) is 17.3 Å².